The van der Waals surface area contributed by atoms with Crippen molar-refractivity contribution in [3.8, 4) is 0 Å². The quantitative estimate of drug-likeness (QED) is 0.550. The van der Waals surface area contributed by atoms with Gasteiger partial charge >= 0.3 is 11.6 Å². The summed E-state index contributed by atoms with van der Waals surface area (Å²) in [7, 11) is 0. The molecule has 0 aliphatic carbocycles. The molecule has 1 aromatic carbocycles. The van der Waals surface area contributed by atoms with Crippen LogP contribution in [0, 0.1) is 27.7 Å². The van der Waals surface area contributed by atoms with Crippen LogP contribution >= 0.6 is 11.8 Å². The topological polar surface area (TPSA) is 110 Å². The number of thioether (sulfide) groups is 1. The van der Waals surface area contributed by atoms with Crippen molar-refractivity contribution in [2.24, 2.45) is 0 Å². The summed E-state index contributed by atoms with van der Waals surface area (Å²) in [6, 6.07) is 1.01. The highest BCUT2D eigenvalue weighted by molar-refractivity contribution is 7.98. The number of aryl methyl sites for hydroxylation is 4. The van der Waals surface area contributed by atoms with Crippen molar-refractivity contribution in [3.63, 3.8) is 0 Å². The second kappa shape index (κ2) is 8.55. The number of carbonyl (C=O) groups is 2. The van der Waals surface area contributed by atoms with Crippen molar-refractivity contribution in [1.29, 1.82) is 0 Å². The number of carboxylic acids is 1. The number of carbonyl (C=O) groups excluding carboxylic acids is 1. The molecule has 3 aromatic rings. The number of hydrogen-bond donors (Lipinski definition) is 2. The van der Waals surface area contributed by atoms with E-state index in [1.54, 1.807) is 6.26 Å². The second-order valence-corrected chi connectivity index (χ2v) is 8.36. The molecule has 0 saturated heterocycles. The lowest BCUT2D eigenvalue weighted by molar-refractivity contribution is -0.141. The summed E-state index contributed by atoms with van der Waals surface area (Å²) in [4.78, 5) is 36.1. The summed E-state index contributed by atoms with van der Waals surface area (Å²) in [6.07, 6.45) is 1.94. The van der Waals surface area contributed by atoms with E-state index in [-0.39, 0.29) is 18.6 Å². The van der Waals surface area contributed by atoms with Gasteiger partial charge in [0.1, 0.15) is 23.0 Å². The predicted molar refractivity (Wildman–Crippen MR) is 117 cm³/mol. The maximum Gasteiger partial charge on any atom is 0.339 e. The number of rotatable bonds is 7. The highest BCUT2D eigenvalue weighted by Crippen LogP contribution is 2.34. The van der Waals surface area contributed by atoms with E-state index in [4.69, 9.17) is 8.83 Å². The molecular formula is C22H25NO6S. The van der Waals surface area contributed by atoms with Crippen molar-refractivity contribution in [2.45, 2.75) is 46.6 Å². The molecule has 0 saturated carbocycles. The fourth-order valence-corrected chi connectivity index (χ4v) is 4.19. The fourth-order valence-electron chi connectivity index (χ4n) is 3.63. The summed E-state index contributed by atoms with van der Waals surface area (Å²) in [6.45, 7) is 7.58. The van der Waals surface area contributed by atoms with Crippen LogP contribution in [-0.4, -0.2) is 35.0 Å². The lowest BCUT2D eigenvalue weighted by Crippen LogP contribution is -2.42. The van der Waals surface area contributed by atoms with E-state index in [0.29, 0.717) is 16.7 Å². The van der Waals surface area contributed by atoms with Crippen LogP contribution in [0.2, 0.25) is 0 Å². The molecule has 2 N–H and O–H groups in total. The van der Waals surface area contributed by atoms with Crippen molar-refractivity contribution >= 4 is 45.6 Å². The zero-order chi connectivity index (χ0) is 22.2. The van der Waals surface area contributed by atoms with E-state index in [1.165, 1.54) is 11.8 Å². The number of furan rings is 1. The number of carboxylic acid groups (broad SMARTS) is 1. The van der Waals surface area contributed by atoms with Gasteiger partial charge < -0.3 is 19.3 Å². The third-order valence-electron chi connectivity index (χ3n) is 5.51. The van der Waals surface area contributed by atoms with Crippen LogP contribution < -0.4 is 10.9 Å². The number of benzene rings is 1. The Morgan fingerprint density at radius 1 is 1.07 bits per heavy atom. The Bertz CT molecular complexity index is 1210. The van der Waals surface area contributed by atoms with E-state index in [1.807, 2.05) is 33.8 Å². The Balaban J connectivity index is 1.94. The standard InChI is InChI=1S/C22H25NO6S/c1-10-13(4)28-19-12(3)20-16(8-15(10)19)11(2)14(22(27)29-20)6-7-18(24)23-17(9-30-5)21(25)26/h8,17H,6-7,9H2,1-5H3,(H,23,24)(H,25,26)/t17-/m0/s1. The van der Waals surface area contributed by atoms with Crippen molar-refractivity contribution in [3.05, 3.63) is 44.5 Å². The van der Waals surface area contributed by atoms with Gasteiger partial charge in [-0.1, -0.05) is 0 Å². The molecule has 0 radical (unpaired) electrons. The van der Waals surface area contributed by atoms with Crippen LogP contribution in [-0.2, 0) is 16.0 Å². The lowest BCUT2D eigenvalue weighted by atomic mass is 9.98. The lowest BCUT2D eigenvalue weighted by Gasteiger charge is -2.14. The first kappa shape index (κ1) is 22.0. The molecule has 1 atom stereocenters. The summed E-state index contributed by atoms with van der Waals surface area (Å²) >= 11 is 1.34. The summed E-state index contributed by atoms with van der Waals surface area (Å²) < 4.78 is 11.4. The maximum absolute atomic E-state index is 12.6. The SMILES string of the molecule is CSC[C@H](NC(=O)CCc1c(C)c2cc3c(C)c(C)oc3c(C)c2oc1=O)C(=O)O. The monoisotopic (exact) mass is 431 g/mol. The van der Waals surface area contributed by atoms with Crippen LogP contribution in [0.3, 0.4) is 0 Å². The highest BCUT2D eigenvalue weighted by Gasteiger charge is 2.21. The average molecular weight is 432 g/mol. The van der Waals surface area contributed by atoms with Gasteiger partial charge in [0, 0.05) is 34.1 Å². The molecule has 0 aliphatic heterocycles. The van der Waals surface area contributed by atoms with Gasteiger partial charge in [-0.15, -0.1) is 0 Å². The largest absolute Gasteiger partial charge is 0.480 e. The first-order valence-electron chi connectivity index (χ1n) is 9.62. The minimum atomic E-state index is -1.08. The van der Waals surface area contributed by atoms with Crippen LogP contribution in [0.5, 0.6) is 0 Å². The van der Waals surface area contributed by atoms with E-state index in [0.717, 1.165) is 33.2 Å². The zero-order valence-corrected chi connectivity index (χ0v) is 18.5. The molecule has 2 heterocycles. The van der Waals surface area contributed by atoms with Crippen molar-refractivity contribution in [1.82, 2.24) is 5.32 Å². The summed E-state index contributed by atoms with van der Waals surface area (Å²) in [5, 5.41) is 13.5. The number of aliphatic carboxylic acids is 1. The van der Waals surface area contributed by atoms with Gasteiger partial charge in [0.05, 0.1) is 0 Å². The minimum absolute atomic E-state index is 0.000338. The van der Waals surface area contributed by atoms with E-state index in [9.17, 15) is 19.5 Å². The third kappa shape index (κ3) is 3.96. The number of amides is 1. The van der Waals surface area contributed by atoms with Crippen molar-refractivity contribution in [2.75, 3.05) is 12.0 Å². The van der Waals surface area contributed by atoms with E-state index in [2.05, 4.69) is 5.32 Å². The van der Waals surface area contributed by atoms with Crippen LogP contribution in [0.15, 0.2) is 19.7 Å². The Kier molecular flexibility index (Phi) is 6.26. The van der Waals surface area contributed by atoms with Gasteiger partial charge in [-0.25, -0.2) is 9.59 Å². The first-order chi connectivity index (χ1) is 14.1. The van der Waals surface area contributed by atoms with Crippen LogP contribution in [0.25, 0.3) is 21.9 Å². The Labute approximate surface area is 177 Å². The minimum Gasteiger partial charge on any atom is -0.480 e. The molecule has 0 aliphatic rings. The van der Waals surface area contributed by atoms with Gasteiger partial charge in [-0.2, -0.15) is 11.8 Å². The molecule has 2 aromatic heterocycles. The van der Waals surface area contributed by atoms with E-state index < -0.39 is 23.5 Å². The number of hydrogen-bond acceptors (Lipinski definition) is 6. The molecule has 0 bridgehead atoms. The maximum atomic E-state index is 12.6. The molecular weight excluding hydrogens is 406 g/mol. The summed E-state index contributed by atoms with van der Waals surface area (Å²) in [5.41, 5.74) is 3.69. The molecule has 7 nitrogen and oxygen atoms in total. The molecule has 0 spiro atoms. The smallest absolute Gasteiger partial charge is 0.339 e. The van der Waals surface area contributed by atoms with Crippen LogP contribution in [0.4, 0.5) is 0 Å². The predicted octanol–water partition coefficient (Wildman–Crippen LogP) is 3.64. The molecule has 0 unspecified atom stereocenters. The van der Waals surface area contributed by atoms with E-state index >= 15 is 0 Å². The number of nitrogens with one attached hydrogen (secondary N) is 1. The first-order valence-corrected chi connectivity index (χ1v) is 11.0. The highest BCUT2D eigenvalue weighted by atomic mass is 32.2. The average Bonchev–Trinajstić information content (AvgIpc) is 2.97. The Hall–Kier alpha value is -2.74. The van der Waals surface area contributed by atoms with Gasteiger partial charge in [-0.3, -0.25) is 4.79 Å². The zero-order valence-electron chi connectivity index (χ0n) is 17.7. The van der Waals surface area contributed by atoms with Crippen LogP contribution in [0.1, 0.15) is 34.4 Å². The van der Waals surface area contributed by atoms with Gasteiger partial charge in [0.25, 0.3) is 0 Å². The molecule has 30 heavy (non-hydrogen) atoms. The molecule has 3 rings (SSSR count). The molecule has 1 amide bonds. The van der Waals surface area contributed by atoms with Gasteiger partial charge in [0.15, 0.2) is 0 Å². The fraction of sp³-hybridized carbons (Fsp3) is 0.409. The molecule has 8 heteroatoms. The second-order valence-electron chi connectivity index (χ2n) is 7.44. The Morgan fingerprint density at radius 3 is 2.33 bits per heavy atom. The molecule has 160 valence electrons. The van der Waals surface area contributed by atoms with Gasteiger partial charge in [-0.05, 0) is 57.6 Å². The van der Waals surface area contributed by atoms with Crippen molar-refractivity contribution < 1.29 is 23.5 Å². The third-order valence-corrected chi connectivity index (χ3v) is 6.18. The summed E-state index contributed by atoms with van der Waals surface area (Å²) in [5.74, 6) is -0.400. The normalized spacial score (nSPS) is 12.4. The van der Waals surface area contributed by atoms with Gasteiger partial charge in [0.2, 0.25) is 5.91 Å². The molecule has 0 fully saturated rings. The number of fused-ring (bicyclic) bond motifs is 2. The Morgan fingerprint density at radius 2 is 1.70 bits per heavy atom.